The highest BCUT2D eigenvalue weighted by Gasteiger charge is 2.44. The second-order valence-electron chi connectivity index (χ2n) is 6.97. The number of esters is 1. The van der Waals surface area contributed by atoms with Gasteiger partial charge in [-0.3, -0.25) is 4.79 Å². The van der Waals surface area contributed by atoms with Crippen molar-refractivity contribution in [2.24, 2.45) is 5.92 Å². The van der Waals surface area contributed by atoms with Crippen molar-refractivity contribution >= 4 is 46.8 Å². The second kappa shape index (κ2) is 9.21. The zero-order valence-corrected chi connectivity index (χ0v) is 17.9. The monoisotopic (exact) mass is 437 g/mol. The molecule has 28 heavy (non-hydrogen) atoms. The van der Waals surface area contributed by atoms with E-state index in [9.17, 15) is 9.59 Å². The van der Waals surface area contributed by atoms with Crippen molar-refractivity contribution in [2.75, 3.05) is 12.4 Å². The average molecular weight is 438 g/mol. The zero-order valence-electron chi connectivity index (χ0n) is 15.6. The third-order valence-electron chi connectivity index (χ3n) is 4.31. The molecule has 2 aromatic carbocycles. The molecule has 4 nitrogen and oxygen atoms in total. The number of rotatable bonds is 5. The van der Waals surface area contributed by atoms with E-state index >= 15 is 0 Å². The molecule has 0 saturated carbocycles. The standard InChI is InChI=1S/C21H21Cl2NO3S/c1-13(2)11-27-21(26)18-12-28-20(16-8-3-4-9-17(16)23)24(18)19(25)14-6-5-7-15(22)10-14/h3-10,13,18,20H,11-12H2,1-2H3. The van der Waals surface area contributed by atoms with E-state index in [4.69, 9.17) is 27.9 Å². The van der Waals surface area contributed by atoms with Crippen LogP contribution in [0.1, 0.15) is 35.1 Å². The zero-order chi connectivity index (χ0) is 20.3. The molecule has 0 aromatic heterocycles. The highest BCUT2D eigenvalue weighted by Crippen LogP contribution is 2.44. The van der Waals surface area contributed by atoms with Crippen molar-refractivity contribution in [3.8, 4) is 0 Å². The molecule has 148 valence electrons. The summed E-state index contributed by atoms with van der Waals surface area (Å²) < 4.78 is 5.44. The molecule has 1 fully saturated rings. The van der Waals surface area contributed by atoms with Gasteiger partial charge in [0.15, 0.2) is 0 Å². The predicted molar refractivity (Wildman–Crippen MR) is 114 cm³/mol. The van der Waals surface area contributed by atoms with Crippen LogP contribution in [0.25, 0.3) is 0 Å². The molecule has 1 aliphatic heterocycles. The minimum absolute atomic E-state index is 0.217. The number of thioether (sulfide) groups is 1. The summed E-state index contributed by atoms with van der Waals surface area (Å²) in [6, 6.07) is 13.4. The third kappa shape index (κ3) is 4.65. The molecule has 0 aliphatic carbocycles. The number of carbonyl (C=O) groups is 2. The van der Waals surface area contributed by atoms with E-state index in [1.807, 2.05) is 32.0 Å². The van der Waals surface area contributed by atoms with Gasteiger partial charge in [-0.1, -0.05) is 61.3 Å². The topological polar surface area (TPSA) is 46.6 Å². The van der Waals surface area contributed by atoms with Gasteiger partial charge in [0.05, 0.1) is 6.61 Å². The summed E-state index contributed by atoms with van der Waals surface area (Å²) in [6.45, 7) is 4.26. The lowest BCUT2D eigenvalue weighted by Crippen LogP contribution is -2.44. The fourth-order valence-electron chi connectivity index (χ4n) is 2.97. The van der Waals surface area contributed by atoms with Crippen LogP contribution in [0.5, 0.6) is 0 Å². The molecule has 0 spiro atoms. The predicted octanol–water partition coefficient (Wildman–Crippen LogP) is 5.45. The van der Waals surface area contributed by atoms with Crippen molar-refractivity contribution in [3.05, 3.63) is 69.7 Å². The van der Waals surface area contributed by atoms with Crippen LogP contribution >= 0.6 is 35.0 Å². The second-order valence-corrected chi connectivity index (χ2v) is 8.93. The van der Waals surface area contributed by atoms with E-state index in [-0.39, 0.29) is 17.2 Å². The molecule has 3 rings (SSSR count). The Morgan fingerprint density at radius 3 is 2.61 bits per heavy atom. The Balaban J connectivity index is 1.96. The molecule has 0 N–H and O–H groups in total. The maximum absolute atomic E-state index is 13.4. The van der Waals surface area contributed by atoms with Crippen molar-refractivity contribution in [1.29, 1.82) is 0 Å². The largest absolute Gasteiger partial charge is 0.464 e. The third-order valence-corrected chi connectivity index (χ3v) is 6.19. The van der Waals surface area contributed by atoms with Gasteiger partial charge in [0.2, 0.25) is 0 Å². The summed E-state index contributed by atoms with van der Waals surface area (Å²) in [5.41, 5.74) is 1.22. The molecule has 2 atom stereocenters. The van der Waals surface area contributed by atoms with E-state index in [1.165, 1.54) is 11.8 Å². The quantitative estimate of drug-likeness (QED) is 0.583. The summed E-state index contributed by atoms with van der Waals surface area (Å²) in [5.74, 6) is -0.0106. The van der Waals surface area contributed by atoms with Gasteiger partial charge in [0, 0.05) is 26.9 Å². The first-order chi connectivity index (χ1) is 13.4. The van der Waals surface area contributed by atoms with Gasteiger partial charge in [-0.05, 0) is 30.2 Å². The number of amides is 1. The van der Waals surface area contributed by atoms with Gasteiger partial charge in [-0.2, -0.15) is 0 Å². The fraction of sp³-hybridized carbons (Fsp3) is 0.333. The molecule has 1 saturated heterocycles. The Labute approximate surface area is 179 Å². The molecule has 0 radical (unpaired) electrons. The lowest BCUT2D eigenvalue weighted by Gasteiger charge is -2.29. The summed E-state index contributed by atoms with van der Waals surface area (Å²) >= 11 is 14.0. The molecule has 7 heteroatoms. The molecule has 1 heterocycles. The summed E-state index contributed by atoms with van der Waals surface area (Å²) in [5, 5.41) is 0.641. The van der Waals surface area contributed by atoms with Crippen molar-refractivity contribution in [3.63, 3.8) is 0 Å². The Hall–Kier alpha value is -1.69. The Morgan fingerprint density at radius 2 is 1.93 bits per heavy atom. The number of benzene rings is 2. The van der Waals surface area contributed by atoms with Gasteiger partial charge in [0.1, 0.15) is 11.4 Å². The van der Waals surface area contributed by atoms with Crippen LogP contribution in [0.15, 0.2) is 48.5 Å². The van der Waals surface area contributed by atoms with Crippen LogP contribution in [0, 0.1) is 5.92 Å². The van der Waals surface area contributed by atoms with Gasteiger partial charge >= 0.3 is 5.97 Å². The number of carbonyl (C=O) groups excluding carboxylic acids is 2. The highest BCUT2D eigenvalue weighted by atomic mass is 35.5. The average Bonchev–Trinajstić information content (AvgIpc) is 3.10. The summed E-state index contributed by atoms with van der Waals surface area (Å²) in [6.07, 6.45) is 0. The van der Waals surface area contributed by atoms with Gasteiger partial charge < -0.3 is 9.64 Å². The highest BCUT2D eigenvalue weighted by molar-refractivity contribution is 7.99. The molecule has 1 aliphatic rings. The first-order valence-electron chi connectivity index (χ1n) is 8.99. The summed E-state index contributed by atoms with van der Waals surface area (Å²) in [7, 11) is 0. The van der Waals surface area contributed by atoms with Crippen molar-refractivity contribution < 1.29 is 14.3 Å². The maximum atomic E-state index is 13.4. The first-order valence-corrected chi connectivity index (χ1v) is 10.8. The van der Waals surface area contributed by atoms with E-state index < -0.39 is 12.0 Å². The SMILES string of the molecule is CC(C)COC(=O)C1CSC(c2ccccc2Cl)N1C(=O)c1cccc(Cl)c1. The number of halogens is 2. The Kier molecular flexibility index (Phi) is 6.91. The van der Waals surface area contributed by atoms with E-state index in [0.717, 1.165) is 5.56 Å². The minimum atomic E-state index is -0.684. The number of nitrogens with zero attached hydrogens (tertiary/aromatic N) is 1. The fourth-order valence-corrected chi connectivity index (χ4v) is 4.91. The van der Waals surface area contributed by atoms with E-state index in [2.05, 4.69) is 0 Å². The normalized spacial score (nSPS) is 19.1. The summed E-state index contributed by atoms with van der Waals surface area (Å²) in [4.78, 5) is 27.7. The number of hydrogen-bond acceptors (Lipinski definition) is 4. The Morgan fingerprint density at radius 1 is 1.18 bits per heavy atom. The lowest BCUT2D eigenvalue weighted by molar-refractivity contribution is -0.149. The van der Waals surface area contributed by atoms with Gasteiger partial charge in [0.25, 0.3) is 5.91 Å². The molecule has 2 aromatic rings. The first kappa shape index (κ1) is 21.0. The van der Waals surface area contributed by atoms with Gasteiger partial charge in [-0.15, -0.1) is 11.8 Å². The molecule has 2 unspecified atom stereocenters. The van der Waals surface area contributed by atoms with Crippen LogP contribution in [0.4, 0.5) is 0 Å². The van der Waals surface area contributed by atoms with E-state index in [1.54, 1.807) is 35.2 Å². The molecular weight excluding hydrogens is 417 g/mol. The smallest absolute Gasteiger partial charge is 0.329 e. The molecular formula is C21H21Cl2NO3S. The lowest BCUT2D eigenvalue weighted by atomic mass is 10.1. The maximum Gasteiger partial charge on any atom is 0.329 e. The van der Waals surface area contributed by atoms with Gasteiger partial charge in [-0.25, -0.2) is 4.79 Å². The van der Waals surface area contributed by atoms with Crippen molar-refractivity contribution in [1.82, 2.24) is 4.90 Å². The van der Waals surface area contributed by atoms with Crippen LogP contribution in [-0.2, 0) is 9.53 Å². The van der Waals surface area contributed by atoms with Crippen LogP contribution < -0.4 is 0 Å². The van der Waals surface area contributed by atoms with Crippen molar-refractivity contribution in [2.45, 2.75) is 25.3 Å². The number of hydrogen-bond donors (Lipinski definition) is 0. The Bertz CT molecular complexity index is 874. The molecule has 0 bridgehead atoms. The minimum Gasteiger partial charge on any atom is -0.464 e. The van der Waals surface area contributed by atoms with E-state index in [0.29, 0.717) is 28.0 Å². The van der Waals surface area contributed by atoms with Crippen LogP contribution in [0.2, 0.25) is 10.0 Å². The van der Waals surface area contributed by atoms with Crippen LogP contribution in [-0.4, -0.2) is 35.2 Å². The van der Waals surface area contributed by atoms with Crippen LogP contribution in [0.3, 0.4) is 0 Å². The number of ether oxygens (including phenoxy) is 1. The molecule has 1 amide bonds.